The largest absolute Gasteiger partial charge is 0.352 e. The average molecular weight is 305 g/mol. The van der Waals surface area contributed by atoms with Gasteiger partial charge in [-0.1, -0.05) is 56.5 Å². The summed E-state index contributed by atoms with van der Waals surface area (Å²) in [5.74, 6) is 0.740. The Morgan fingerprint density at radius 1 is 1.24 bits per heavy atom. The van der Waals surface area contributed by atoms with Gasteiger partial charge in [0.2, 0.25) is 5.91 Å². The highest BCUT2D eigenvalue weighted by atomic mass is 32.1. The van der Waals surface area contributed by atoms with Gasteiger partial charge < -0.3 is 5.32 Å². The molecule has 0 aliphatic heterocycles. The molecule has 3 heteroatoms. The molecule has 21 heavy (non-hydrogen) atoms. The zero-order valence-electron chi connectivity index (χ0n) is 12.9. The summed E-state index contributed by atoms with van der Waals surface area (Å²) in [6.45, 7) is 2.17. The molecule has 1 saturated carbocycles. The first-order valence-corrected chi connectivity index (χ1v) is 8.74. The van der Waals surface area contributed by atoms with Crippen molar-refractivity contribution >= 4 is 18.5 Å². The molecule has 0 spiro atoms. The summed E-state index contributed by atoms with van der Waals surface area (Å²) in [7, 11) is 0. The third-order valence-corrected chi connectivity index (χ3v) is 4.98. The Morgan fingerprint density at radius 2 is 1.90 bits per heavy atom. The number of carbonyl (C=O) groups is 1. The fourth-order valence-electron chi connectivity index (χ4n) is 3.30. The molecule has 0 bridgehead atoms. The van der Waals surface area contributed by atoms with E-state index in [1.54, 1.807) is 0 Å². The lowest BCUT2D eigenvalue weighted by atomic mass is 9.83. The molecule has 0 heterocycles. The molecule has 2 atom stereocenters. The van der Waals surface area contributed by atoms with Crippen molar-refractivity contribution in [3.05, 3.63) is 35.9 Å². The van der Waals surface area contributed by atoms with Crippen LogP contribution in [0.25, 0.3) is 0 Å². The average Bonchev–Trinajstić information content (AvgIpc) is 2.54. The van der Waals surface area contributed by atoms with Crippen LogP contribution in [0.3, 0.4) is 0 Å². The van der Waals surface area contributed by atoms with Gasteiger partial charge in [-0.3, -0.25) is 4.79 Å². The summed E-state index contributed by atoms with van der Waals surface area (Å²) < 4.78 is 0. The molecular formula is C18H27NOS. The number of hydrogen-bond donors (Lipinski definition) is 2. The van der Waals surface area contributed by atoms with Crippen LogP contribution in [-0.2, 0) is 11.2 Å². The third kappa shape index (κ3) is 5.06. The SMILES string of the molecule is CCC(NC(=O)C(S)Cc1ccccc1)C1CCCCC1. The molecule has 1 aliphatic rings. The summed E-state index contributed by atoms with van der Waals surface area (Å²) in [6.07, 6.45) is 8.20. The Balaban J connectivity index is 1.86. The van der Waals surface area contributed by atoms with Crippen molar-refractivity contribution in [3.63, 3.8) is 0 Å². The molecule has 2 rings (SSSR count). The number of nitrogens with one attached hydrogen (secondary N) is 1. The number of rotatable bonds is 6. The Kier molecular flexibility index (Phi) is 6.62. The lowest BCUT2D eigenvalue weighted by molar-refractivity contribution is -0.121. The predicted molar refractivity (Wildman–Crippen MR) is 91.7 cm³/mol. The van der Waals surface area contributed by atoms with Gasteiger partial charge in [0, 0.05) is 6.04 Å². The number of thiol groups is 1. The van der Waals surface area contributed by atoms with Gasteiger partial charge in [-0.25, -0.2) is 0 Å². The van der Waals surface area contributed by atoms with E-state index < -0.39 is 0 Å². The highest BCUT2D eigenvalue weighted by Crippen LogP contribution is 2.27. The molecular weight excluding hydrogens is 278 g/mol. The van der Waals surface area contributed by atoms with Gasteiger partial charge >= 0.3 is 0 Å². The second-order valence-corrected chi connectivity index (χ2v) is 6.75. The molecule has 1 amide bonds. The molecule has 116 valence electrons. The van der Waals surface area contributed by atoms with E-state index >= 15 is 0 Å². The van der Waals surface area contributed by atoms with Crippen LogP contribution in [0.2, 0.25) is 0 Å². The summed E-state index contributed by atoms with van der Waals surface area (Å²) in [5.41, 5.74) is 1.17. The molecule has 0 saturated heterocycles. The topological polar surface area (TPSA) is 29.1 Å². The maximum absolute atomic E-state index is 12.4. The Morgan fingerprint density at radius 3 is 2.52 bits per heavy atom. The molecule has 1 aromatic carbocycles. The van der Waals surface area contributed by atoms with Crippen molar-refractivity contribution in [2.45, 2.75) is 63.2 Å². The number of hydrogen-bond acceptors (Lipinski definition) is 2. The van der Waals surface area contributed by atoms with Crippen LogP contribution in [-0.4, -0.2) is 17.2 Å². The highest BCUT2D eigenvalue weighted by Gasteiger charge is 2.25. The minimum absolute atomic E-state index is 0.0830. The second kappa shape index (κ2) is 8.47. The maximum atomic E-state index is 12.4. The van der Waals surface area contributed by atoms with Crippen LogP contribution < -0.4 is 5.32 Å². The fraction of sp³-hybridized carbons (Fsp3) is 0.611. The Bertz CT molecular complexity index is 428. The molecule has 0 aromatic heterocycles. The molecule has 2 unspecified atom stereocenters. The quantitative estimate of drug-likeness (QED) is 0.764. The van der Waals surface area contributed by atoms with Gasteiger partial charge in [-0.05, 0) is 37.2 Å². The van der Waals surface area contributed by atoms with Crippen LogP contribution in [0, 0.1) is 5.92 Å². The maximum Gasteiger partial charge on any atom is 0.233 e. The standard InChI is InChI=1S/C18H27NOS/c1-2-16(15-11-7-4-8-12-15)19-18(20)17(21)13-14-9-5-3-6-10-14/h3,5-6,9-10,15-17,21H,2,4,7-8,11-13H2,1H3,(H,19,20). The van der Waals surface area contributed by atoms with Gasteiger partial charge in [0.05, 0.1) is 5.25 Å². The Hall–Kier alpha value is -0.960. The minimum atomic E-state index is -0.259. The van der Waals surface area contributed by atoms with Crippen LogP contribution in [0.5, 0.6) is 0 Å². The van der Waals surface area contributed by atoms with Gasteiger partial charge in [0.25, 0.3) is 0 Å². The number of benzene rings is 1. The number of carbonyl (C=O) groups excluding carboxylic acids is 1. The van der Waals surface area contributed by atoms with E-state index in [0.29, 0.717) is 18.4 Å². The highest BCUT2D eigenvalue weighted by molar-refractivity contribution is 7.81. The van der Waals surface area contributed by atoms with E-state index in [4.69, 9.17) is 0 Å². The smallest absolute Gasteiger partial charge is 0.233 e. The first kappa shape index (κ1) is 16.4. The summed E-state index contributed by atoms with van der Waals surface area (Å²) in [4.78, 5) is 12.4. The molecule has 1 fully saturated rings. The van der Waals surface area contributed by atoms with E-state index in [-0.39, 0.29) is 11.2 Å². The van der Waals surface area contributed by atoms with Crippen LogP contribution >= 0.6 is 12.6 Å². The van der Waals surface area contributed by atoms with E-state index in [1.807, 2.05) is 18.2 Å². The zero-order chi connectivity index (χ0) is 15.1. The van der Waals surface area contributed by atoms with Crippen molar-refractivity contribution in [2.75, 3.05) is 0 Å². The molecule has 0 radical (unpaired) electrons. The molecule has 1 aromatic rings. The van der Waals surface area contributed by atoms with E-state index in [2.05, 4.69) is 37.0 Å². The van der Waals surface area contributed by atoms with Crippen molar-refractivity contribution in [1.29, 1.82) is 0 Å². The normalized spacial score (nSPS) is 19.0. The van der Waals surface area contributed by atoms with Gasteiger partial charge in [0.1, 0.15) is 0 Å². The van der Waals surface area contributed by atoms with Gasteiger partial charge in [-0.15, -0.1) is 0 Å². The third-order valence-electron chi connectivity index (χ3n) is 4.56. The first-order valence-electron chi connectivity index (χ1n) is 8.23. The van der Waals surface area contributed by atoms with Gasteiger partial charge in [0.15, 0.2) is 0 Å². The van der Waals surface area contributed by atoms with Crippen molar-refractivity contribution in [2.24, 2.45) is 5.92 Å². The van der Waals surface area contributed by atoms with E-state index in [1.165, 1.54) is 37.7 Å². The van der Waals surface area contributed by atoms with Gasteiger partial charge in [-0.2, -0.15) is 12.6 Å². The lowest BCUT2D eigenvalue weighted by Gasteiger charge is -2.31. The monoisotopic (exact) mass is 305 g/mol. The van der Waals surface area contributed by atoms with Crippen LogP contribution in [0.4, 0.5) is 0 Å². The second-order valence-electron chi connectivity index (χ2n) is 6.13. The molecule has 1 aliphatic carbocycles. The predicted octanol–water partition coefficient (Wildman–Crippen LogP) is 4.00. The first-order chi connectivity index (χ1) is 10.2. The molecule has 1 N–H and O–H groups in total. The summed E-state index contributed by atoms with van der Waals surface area (Å²) in [6, 6.07) is 10.4. The molecule has 2 nitrogen and oxygen atoms in total. The summed E-state index contributed by atoms with van der Waals surface area (Å²) >= 11 is 4.50. The van der Waals surface area contributed by atoms with Crippen molar-refractivity contribution in [3.8, 4) is 0 Å². The Labute approximate surface area is 134 Å². The van der Waals surface area contributed by atoms with E-state index in [0.717, 1.165) is 6.42 Å². The van der Waals surface area contributed by atoms with Crippen LogP contribution in [0.1, 0.15) is 51.0 Å². The van der Waals surface area contributed by atoms with Crippen molar-refractivity contribution < 1.29 is 4.79 Å². The lowest BCUT2D eigenvalue weighted by Crippen LogP contribution is -2.44. The minimum Gasteiger partial charge on any atom is -0.352 e. The van der Waals surface area contributed by atoms with Crippen molar-refractivity contribution in [1.82, 2.24) is 5.32 Å². The van der Waals surface area contributed by atoms with E-state index in [9.17, 15) is 4.79 Å². The summed E-state index contributed by atoms with van der Waals surface area (Å²) in [5, 5.41) is 2.98. The fourth-order valence-corrected chi connectivity index (χ4v) is 3.58. The number of amides is 1. The zero-order valence-corrected chi connectivity index (χ0v) is 13.8. The van der Waals surface area contributed by atoms with Crippen LogP contribution in [0.15, 0.2) is 30.3 Å².